The maximum atomic E-state index is 12.1. The SMILES string of the molecule is O=C(OCCn1cccn1)c1cncn1-c1ccccc1. The Hall–Kier alpha value is -2.89. The fourth-order valence-corrected chi connectivity index (χ4v) is 1.98. The van der Waals surface area contributed by atoms with Crippen LogP contribution in [0.25, 0.3) is 5.69 Å². The topological polar surface area (TPSA) is 61.9 Å². The number of hydrogen-bond donors (Lipinski definition) is 0. The molecule has 0 atom stereocenters. The Morgan fingerprint density at radius 3 is 2.81 bits per heavy atom. The van der Waals surface area contributed by atoms with Gasteiger partial charge < -0.3 is 4.74 Å². The Kier molecular flexibility index (Phi) is 3.77. The van der Waals surface area contributed by atoms with Gasteiger partial charge in [-0.05, 0) is 18.2 Å². The second kappa shape index (κ2) is 6.04. The third-order valence-electron chi connectivity index (χ3n) is 2.99. The molecule has 2 heterocycles. The van der Waals surface area contributed by atoms with Gasteiger partial charge in [-0.15, -0.1) is 0 Å². The Morgan fingerprint density at radius 2 is 2.05 bits per heavy atom. The van der Waals surface area contributed by atoms with E-state index in [4.69, 9.17) is 4.74 Å². The molecular formula is C15H14N4O2. The van der Waals surface area contributed by atoms with Gasteiger partial charge in [0, 0.05) is 18.1 Å². The number of carbonyl (C=O) groups excluding carboxylic acids is 1. The zero-order valence-corrected chi connectivity index (χ0v) is 11.3. The molecule has 3 rings (SSSR count). The third kappa shape index (κ3) is 3.00. The van der Waals surface area contributed by atoms with Crippen molar-refractivity contribution in [1.29, 1.82) is 0 Å². The van der Waals surface area contributed by atoms with E-state index in [1.54, 1.807) is 21.8 Å². The summed E-state index contributed by atoms with van der Waals surface area (Å²) in [6, 6.07) is 11.4. The lowest BCUT2D eigenvalue weighted by Gasteiger charge is -2.08. The van der Waals surface area contributed by atoms with E-state index < -0.39 is 5.97 Å². The van der Waals surface area contributed by atoms with Crippen LogP contribution in [0.4, 0.5) is 0 Å². The van der Waals surface area contributed by atoms with Crippen LogP contribution in [0.5, 0.6) is 0 Å². The van der Waals surface area contributed by atoms with Gasteiger partial charge in [-0.3, -0.25) is 9.25 Å². The maximum Gasteiger partial charge on any atom is 0.357 e. The van der Waals surface area contributed by atoms with E-state index in [9.17, 15) is 4.79 Å². The molecule has 106 valence electrons. The summed E-state index contributed by atoms with van der Waals surface area (Å²) in [5.41, 5.74) is 1.27. The van der Waals surface area contributed by atoms with Crippen LogP contribution in [-0.2, 0) is 11.3 Å². The van der Waals surface area contributed by atoms with Crippen LogP contribution in [0.1, 0.15) is 10.5 Å². The molecule has 0 spiro atoms. The number of carbonyl (C=O) groups is 1. The van der Waals surface area contributed by atoms with Gasteiger partial charge in [0.1, 0.15) is 6.61 Å². The minimum Gasteiger partial charge on any atom is -0.459 e. The number of esters is 1. The van der Waals surface area contributed by atoms with Gasteiger partial charge in [0.2, 0.25) is 0 Å². The lowest BCUT2D eigenvalue weighted by molar-refractivity contribution is 0.0478. The molecule has 0 aliphatic carbocycles. The van der Waals surface area contributed by atoms with Crippen molar-refractivity contribution in [1.82, 2.24) is 19.3 Å². The van der Waals surface area contributed by atoms with Crippen molar-refractivity contribution in [3.05, 3.63) is 67.0 Å². The molecule has 21 heavy (non-hydrogen) atoms. The van der Waals surface area contributed by atoms with E-state index in [1.807, 2.05) is 42.6 Å². The first-order valence-electron chi connectivity index (χ1n) is 6.57. The lowest BCUT2D eigenvalue weighted by Crippen LogP contribution is -2.14. The van der Waals surface area contributed by atoms with Gasteiger partial charge >= 0.3 is 5.97 Å². The van der Waals surface area contributed by atoms with E-state index in [0.717, 1.165) is 5.69 Å². The van der Waals surface area contributed by atoms with Gasteiger partial charge in [-0.25, -0.2) is 9.78 Å². The van der Waals surface area contributed by atoms with Crippen LogP contribution < -0.4 is 0 Å². The molecule has 3 aromatic rings. The standard InChI is InChI=1S/C15H14N4O2/c20-15(21-10-9-18-8-4-7-17-18)14-11-16-12-19(14)13-5-2-1-3-6-13/h1-8,11-12H,9-10H2. The quantitative estimate of drug-likeness (QED) is 0.671. The lowest BCUT2D eigenvalue weighted by atomic mass is 10.3. The first-order chi connectivity index (χ1) is 10.3. The molecule has 0 saturated heterocycles. The number of aromatic nitrogens is 4. The highest BCUT2D eigenvalue weighted by Crippen LogP contribution is 2.11. The molecule has 0 radical (unpaired) electrons. The smallest absolute Gasteiger partial charge is 0.357 e. The normalized spacial score (nSPS) is 10.5. The molecule has 1 aromatic carbocycles. The molecule has 6 nitrogen and oxygen atoms in total. The van der Waals surface area contributed by atoms with E-state index in [-0.39, 0.29) is 6.61 Å². The molecule has 0 bridgehead atoms. The van der Waals surface area contributed by atoms with Crippen LogP contribution in [0, 0.1) is 0 Å². The highest BCUT2D eigenvalue weighted by Gasteiger charge is 2.14. The van der Waals surface area contributed by atoms with Crippen LogP contribution >= 0.6 is 0 Å². The Labute approximate surface area is 121 Å². The first kappa shape index (κ1) is 13.1. The molecule has 6 heteroatoms. The van der Waals surface area contributed by atoms with Crippen LogP contribution in [0.2, 0.25) is 0 Å². The van der Waals surface area contributed by atoms with Gasteiger partial charge in [-0.1, -0.05) is 18.2 Å². The van der Waals surface area contributed by atoms with Gasteiger partial charge in [0.25, 0.3) is 0 Å². The summed E-state index contributed by atoms with van der Waals surface area (Å²) in [6.45, 7) is 0.790. The van der Waals surface area contributed by atoms with Crippen molar-refractivity contribution in [2.24, 2.45) is 0 Å². The third-order valence-corrected chi connectivity index (χ3v) is 2.99. The van der Waals surface area contributed by atoms with E-state index in [0.29, 0.717) is 12.2 Å². The number of para-hydroxylation sites is 1. The number of ether oxygens (including phenoxy) is 1. The molecule has 0 saturated carbocycles. The molecular weight excluding hydrogens is 268 g/mol. The number of imidazole rings is 1. The van der Waals surface area contributed by atoms with E-state index in [2.05, 4.69) is 10.1 Å². The maximum absolute atomic E-state index is 12.1. The Morgan fingerprint density at radius 1 is 1.19 bits per heavy atom. The monoisotopic (exact) mass is 282 g/mol. The number of rotatable bonds is 5. The number of hydrogen-bond acceptors (Lipinski definition) is 4. The summed E-state index contributed by atoms with van der Waals surface area (Å²) < 4.78 is 8.68. The van der Waals surface area contributed by atoms with Crippen LogP contribution in [-0.4, -0.2) is 31.9 Å². The fourth-order valence-electron chi connectivity index (χ4n) is 1.98. The first-order valence-corrected chi connectivity index (χ1v) is 6.57. The number of nitrogens with zero attached hydrogens (tertiary/aromatic N) is 4. The molecule has 0 aliphatic heterocycles. The van der Waals surface area contributed by atoms with Gasteiger partial charge in [0.15, 0.2) is 5.69 Å². The number of benzene rings is 1. The van der Waals surface area contributed by atoms with Crippen LogP contribution in [0.15, 0.2) is 61.3 Å². The minimum atomic E-state index is -0.400. The summed E-state index contributed by atoms with van der Waals surface area (Å²) >= 11 is 0. The molecule has 2 aromatic heterocycles. The Bertz CT molecular complexity index is 704. The second-order valence-corrected chi connectivity index (χ2v) is 4.39. The molecule has 0 aliphatic rings. The van der Waals surface area contributed by atoms with Crippen molar-refractivity contribution in [3.63, 3.8) is 0 Å². The van der Waals surface area contributed by atoms with Gasteiger partial charge in [0.05, 0.1) is 19.1 Å². The average molecular weight is 282 g/mol. The zero-order valence-electron chi connectivity index (χ0n) is 11.3. The summed E-state index contributed by atoms with van der Waals surface area (Å²) in [6.07, 6.45) is 6.61. The van der Waals surface area contributed by atoms with Crippen molar-refractivity contribution >= 4 is 5.97 Å². The summed E-state index contributed by atoms with van der Waals surface area (Å²) in [4.78, 5) is 16.1. The molecule has 0 amide bonds. The van der Waals surface area contributed by atoms with Crippen molar-refractivity contribution in [2.75, 3.05) is 6.61 Å². The van der Waals surface area contributed by atoms with E-state index >= 15 is 0 Å². The largest absolute Gasteiger partial charge is 0.459 e. The van der Waals surface area contributed by atoms with Crippen molar-refractivity contribution in [2.45, 2.75) is 6.54 Å². The predicted molar refractivity (Wildman–Crippen MR) is 76.1 cm³/mol. The second-order valence-electron chi connectivity index (χ2n) is 4.39. The summed E-state index contributed by atoms with van der Waals surface area (Å²) in [7, 11) is 0. The molecule has 0 N–H and O–H groups in total. The Balaban J connectivity index is 1.67. The summed E-state index contributed by atoms with van der Waals surface area (Å²) in [5.74, 6) is -0.400. The highest BCUT2D eigenvalue weighted by atomic mass is 16.5. The van der Waals surface area contributed by atoms with Crippen molar-refractivity contribution < 1.29 is 9.53 Å². The minimum absolute atomic E-state index is 0.264. The van der Waals surface area contributed by atoms with Crippen LogP contribution in [0.3, 0.4) is 0 Å². The summed E-state index contributed by atoms with van der Waals surface area (Å²) in [5, 5.41) is 4.05. The fraction of sp³-hybridized carbons (Fsp3) is 0.133. The molecule has 0 fully saturated rings. The average Bonchev–Trinajstić information content (AvgIpc) is 3.19. The van der Waals surface area contributed by atoms with Gasteiger partial charge in [-0.2, -0.15) is 5.10 Å². The molecule has 0 unspecified atom stereocenters. The predicted octanol–water partition coefficient (Wildman–Crippen LogP) is 1.93. The highest BCUT2D eigenvalue weighted by molar-refractivity contribution is 5.88. The zero-order chi connectivity index (χ0) is 14.5. The van der Waals surface area contributed by atoms with Crippen molar-refractivity contribution in [3.8, 4) is 5.69 Å². The van der Waals surface area contributed by atoms with E-state index in [1.165, 1.54) is 6.20 Å².